The highest BCUT2D eigenvalue weighted by Crippen LogP contribution is 2.32. The van der Waals surface area contributed by atoms with Crippen LogP contribution in [0.1, 0.15) is 39.0 Å². The van der Waals surface area contributed by atoms with Crippen molar-refractivity contribution >= 4 is 11.7 Å². The Balaban J connectivity index is 2.30. The Morgan fingerprint density at radius 1 is 1.44 bits per heavy atom. The Hall–Kier alpha value is -1.81. The maximum atomic E-state index is 12.6. The predicted molar refractivity (Wildman–Crippen MR) is 98.5 cm³/mol. The van der Waals surface area contributed by atoms with Crippen LogP contribution in [0.3, 0.4) is 0 Å². The quantitative estimate of drug-likeness (QED) is 0.640. The molecular weight excluding hydrogens is 354 g/mol. The van der Waals surface area contributed by atoms with Crippen LogP contribution in [0.2, 0.25) is 0 Å². The van der Waals surface area contributed by atoms with Crippen LogP contribution in [0.15, 0.2) is 11.0 Å². The van der Waals surface area contributed by atoms with E-state index >= 15 is 0 Å². The van der Waals surface area contributed by atoms with Gasteiger partial charge in [0, 0.05) is 24.8 Å². The summed E-state index contributed by atoms with van der Waals surface area (Å²) >= 11 is 0. The SMILES string of the molecule is CC[C@H]1O[C@@H](n2cc(C)c(NC(=O)C(C)C)nc2=O)[C@@H](OCCOC)C1O. The minimum atomic E-state index is -0.871. The molecule has 1 aliphatic rings. The highest BCUT2D eigenvalue weighted by Gasteiger charge is 2.45. The zero-order valence-electron chi connectivity index (χ0n) is 16.5. The van der Waals surface area contributed by atoms with E-state index in [-0.39, 0.29) is 24.2 Å². The number of aliphatic hydroxyl groups is 1. The number of amides is 1. The highest BCUT2D eigenvalue weighted by molar-refractivity contribution is 5.91. The highest BCUT2D eigenvalue weighted by atomic mass is 16.6. The molecule has 1 aromatic rings. The molecule has 9 nitrogen and oxygen atoms in total. The molecule has 0 aromatic carbocycles. The number of hydrogen-bond acceptors (Lipinski definition) is 7. The van der Waals surface area contributed by atoms with E-state index in [2.05, 4.69) is 10.3 Å². The number of aliphatic hydroxyl groups excluding tert-OH is 1. The molecule has 1 unspecified atom stereocenters. The number of anilines is 1. The zero-order valence-corrected chi connectivity index (χ0v) is 16.5. The molecule has 152 valence electrons. The van der Waals surface area contributed by atoms with Crippen LogP contribution in [-0.2, 0) is 19.0 Å². The lowest BCUT2D eigenvalue weighted by Crippen LogP contribution is -2.38. The van der Waals surface area contributed by atoms with Crippen molar-refractivity contribution in [3.05, 3.63) is 22.2 Å². The number of aryl methyl sites for hydroxylation is 1. The first-order valence-corrected chi connectivity index (χ1v) is 9.14. The molecule has 1 saturated heterocycles. The van der Waals surface area contributed by atoms with Gasteiger partial charge >= 0.3 is 5.69 Å². The monoisotopic (exact) mass is 383 g/mol. The first-order valence-electron chi connectivity index (χ1n) is 9.14. The molecule has 1 fully saturated rings. The van der Waals surface area contributed by atoms with Crippen LogP contribution in [0, 0.1) is 12.8 Å². The van der Waals surface area contributed by atoms with Crippen molar-refractivity contribution in [2.24, 2.45) is 5.92 Å². The molecular formula is C18H29N3O6. The van der Waals surface area contributed by atoms with Crippen LogP contribution in [-0.4, -0.2) is 59.2 Å². The second-order valence-corrected chi connectivity index (χ2v) is 6.90. The minimum Gasteiger partial charge on any atom is -0.388 e. The summed E-state index contributed by atoms with van der Waals surface area (Å²) in [5.41, 5.74) is 0.0197. The van der Waals surface area contributed by atoms with Crippen molar-refractivity contribution < 1.29 is 24.1 Å². The maximum absolute atomic E-state index is 12.6. The van der Waals surface area contributed by atoms with Gasteiger partial charge in [0.05, 0.1) is 19.3 Å². The molecule has 9 heteroatoms. The fourth-order valence-electron chi connectivity index (χ4n) is 2.86. The molecule has 0 bridgehead atoms. The second-order valence-electron chi connectivity index (χ2n) is 6.90. The molecule has 1 amide bonds. The standard InChI is InChI=1S/C18H29N3O6/c1-6-12-13(22)14(26-8-7-25-5)17(27-12)21-9-11(4)15(20-18(21)24)19-16(23)10(2)3/h9-10,12-14,17,22H,6-8H2,1-5H3,(H,19,20,23,24)/t12-,13?,14+,17-/m1/s1. The van der Waals surface area contributed by atoms with Crippen molar-refractivity contribution in [2.75, 3.05) is 25.6 Å². The number of nitrogens with one attached hydrogen (secondary N) is 1. The largest absolute Gasteiger partial charge is 0.388 e. The fourth-order valence-corrected chi connectivity index (χ4v) is 2.86. The van der Waals surface area contributed by atoms with Gasteiger partial charge < -0.3 is 24.6 Å². The summed E-state index contributed by atoms with van der Waals surface area (Å²) in [7, 11) is 1.55. The van der Waals surface area contributed by atoms with E-state index in [9.17, 15) is 14.7 Å². The van der Waals surface area contributed by atoms with Gasteiger partial charge in [-0.2, -0.15) is 4.98 Å². The Labute approximate surface area is 158 Å². The molecule has 0 radical (unpaired) electrons. The summed E-state index contributed by atoms with van der Waals surface area (Å²) in [5.74, 6) is -0.231. The van der Waals surface area contributed by atoms with E-state index in [4.69, 9.17) is 14.2 Å². The van der Waals surface area contributed by atoms with Gasteiger partial charge in [0.1, 0.15) is 18.0 Å². The van der Waals surface area contributed by atoms with Gasteiger partial charge in [0.15, 0.2) is 6.23 Å². The maximum Gasteiger partial charge on any atom is 0.351 e. The van der Waals surface area contributed by atoms with Crippen LogP contribution in [0.25, 0.3) is 0 Å². The molecule has 0 saturated carbocycles. The Kier molecular flexibility index (Phi) is 7.49. The predicted octanol–water partition coefficient (Wildman–Crippen LogP) is 0.846. The van der Waals surface area contributed by atoms with E-state index in [0.29, 0.717) is 18.6 Å². The van der Waals surface area contributed by atoms with E-state index in [1.807, 2.05) is 6.92 Å². The van der Waals surface area contributed by atoms with Gasteiger partial charge in [-0.1, -0.05) is 20.8 Å². The lowest BCUT2D eigenvalue weighted by atomic mass is 10.1. The summed E-state index contributed by atoms with van der Waals surface area (Å²) in [6.07, 6.45) is -0.714. The molecule has 1 aromatic heterocycles. The van der Waals surface area contributed by atoms with E-state index in [1.54, 1.807) is 34.1 Å². The summed E-state index contributed by atoms with van der Waals surface area (Å²) < 4.78 is 17.9. The molecule has 2 N–H and O–H groups in total. The van der Waals surface area contributed by atoms with Gasteiger partial charge in [-0.15, -0.1) is 0 Å². The summed E-state index contributed by atoms with van der Waals surface area (Å²) in [4.78, 5) is 28.4. The van der Waals surface area contributed by atoms with Crippen LogP contribution in [0.5, 0.6) is 0 Å². The third-order valence-corrected chi connectivity index (χ3v) is 4.49. The van der Waals surface area contributed by atoms with Gasteiger partial charge in [-0.05, 0) is 13.3 Å². The number of methoxy groups -OCH3 is 1. The zero-order chi connectivity index (χ0) is 20.1. The summed E-state index contributed by atoms with van der Waals surface area (Å²) in [6.45, 7) is 7.76. The number of aromatic nitrogens is 2. The normalized spacial score (nSPS) is 25.1. The summed E-state index contributed by atoms with van der Waals surface area (Å²) in [6, 6.07) is 0. The van der Waals surface area contributed by atoms with Crippen molar-refractivity contribution in [3.8, 4) is 0 Å². The second kappa shape index (κ2) is 9.41. The number of rotatable bonds is 8. The fraction of sp³-hybridized carbons (Fsp3) is 0.722. The molecule has 2 heterocycles. The molecule has 0 aliphatic carbocycles. The third kappa shape index (κ3) is 4.92. The van der Waals surface area contributed by atoms with Gasteiger partial charge in [0.2, 0.25) is 5.91 Å². The summed E-state index contributed by atoms with van der Waals surface area (Å²) in [5, 5.41) is 13.1. The molecule has 27 heavy (non-hydrogen) atoms. The van der Waals surface area contributed by atoms with Crippen molar-refractivity contribution in [1.82, 2.24) is 9.55 Å². The molecule has 4 atom stereocenters. The van der Waals surface area contributed by atoms with Crippen molar-refractivity contribution in [1.29, 1.82) is 0 Å². The Bertz CT molecular complexity index is 705. The average molecular weight is 383 g/mol. The van der Waals surface area contributed by atoms with Crippen LogP contribution >= 0.6 is 0 Å². The molecule has 2 rings (SSSR count). The van der Waals surface area contributed by atoms with E-state index < -0.39 is 30.2 Å². The first-order chi connectivity index (χ1) is 12.8. The number of hydrogen-bond donors (Lipinski definition) is 2. The molecule has 0 spiro atoms. The molecule has 1 aliphatic heterocycles. The minimum absolute atomic E-state index is 0.220. The smallest absolute Gasteiger partial charge is 0.351 e. The van der Waals surface area contributed by atoms with E-state index in [0.717, 1.165) is 0 Å². The topological polar surface area (TPSA) is 112 Å². The lowest BCUT2D eigenvalue weighted by Gasteiger charge is -2.23. The number of carbonyl (C=O) groups excluding carboxylic acids is 1. The van der Waals surface area contributed by atoms with Gasteiger partial charge in [-0.3, -0.25) is 9.36 Å². The van der Waals surface area contributed by atoms with Gasteiger partial charge in [-0.25, -0.2) is 4.79 Å². The van der Waals surface area contributed by atoms with Crippen LogP contribution in [0.4, 0.5) is 5.82 Å². The lowest BCUT2D eigenvalue weighted by molar-refractivity contribution is -0.118. The Morgan fingerprint density at radius 2 is 2.15 bits per heavy atom. The third-order valence-electron chi connectivity index (χ3n) is 4.49. The van der Waals surface area contributed by atoms with Gasteiger partial charge in [0.25, 0.3) is 0 Å². The van der Waals surface area contributed by atoms with Crippen LogP contribution < -0.4 is 11.0 Å². The number of nitrogens with zero attached hydrogens (tertiary/aromatic N) is 2. The number of carbonyl (C=O) groups is 1. The van der Waals surface area contributed by atoms with Crippen molar-refractivity contribution in [3.63, 3.8) is 0 Å². The first kappa shape index (κ1) is 21.5. The van der Waals surface area contributed by atoms with E-state index in [1.165, 1.54) is 4.57 Å². The average Bonchev–Trinajstić information content (AvgIpc) is 2.93. The van der Waals surface area contributed by atoms with Crippen molar-refractivity contribution in [2.45, 2.75) is 58.7 Å². The number of ether oxygens (including phenoxy) is 3. The Morgan fingerprint density at radius 3 is 2.74 bits per heavy atom.